The lowest BCUT2D eigenvalue weighted by atomic mass is 10.1. The standard InChI is InChI=1S/C14H10F3N5O3/c1-2-25-12-9(10(23)11(12)24)18-8-4-6(13-19-21-22-20-13)3-7(5-8)14(15,16)17/h3-5,18H,2H2,1H3,(H,19,20,21,22). The number of tetrazole rings is 1. The molecule has 0 atom stereocenters. The molecule has 0 saturated carbocycles. The van der Waals surface area contributed by atoms with Crippen molar-refractivity contribution in [1.82, 2.24) is 20.6 Å². The maximum Gasteiger partial charge on any atom is 0.416 e. The van der Waals surface area contributed by atoms with E-state index in [1.165, 1.54) is 6.07 Å². The summed E-state index contributed by atoms with van der Waals surface area (Å²) in [6, 6.07) is 2.95. The highest BCUT2D eigenvalue weighted by Crippen LogP contribution is 2.35. The second kappa shape index (κ2) is 6.00. The number of nitrogens with one attached hydrogen (secondary N) is 2. The van der Waals surface area contributed by atoms with E-state index in [0.29, 0.717) is 0 Å². The summed E-state index contributed by atoms with van der Waals surface area (Å²) in [5, 5.41) is 15.2. The van der Waals surface area contributed by atoms with Gasteiger partial charge in [-0.2, -0.15) is 18.4 Å². The van der Waals surface area contributed by atoms with Crippen molar-refractivity contribution in [3.63, 3.8) is 0 Å². The zero-order chi connectivity index (χ0) is 18.2. The minimum atomic E-state index is -4.63. The molecule has 0 aliphatic heterocycles. The van der Waals surface area contributed by atoms with Crippen molar-refractivity contribution in [1.29, 1.82) is 0 Å². The van der Waals surface area contributed by atoms with Crippen molar-refractivity contribution in [3.05, 3.63) is 44.2 Å². The van der Waals surface area contributed by atoms with Crippen LogP contribution in [0.3, 0.4) is 0 Å². The largest absolute Gasteiger partial charge is 0.488 e. The van der Waals surface area contributed by atoms with Crippen LogP contribution < -0.4 is 20.9 Å². The quantitative estimate of drug-likeness (QED) is 0.671. The van der Waals surface area contributed by atoms with Crippen LogP contribution in [0.2, 0.25) is 0 Å². The molecule has 0 spiro atoms. The summed E-state index contributed by atoms with van der Waals surface area (Å²) in [7, 11) is 0. The first-order valence-electron chi connectivity index (χ1n) is 7.00. The number of hydrogen-bond acceptors (Lipinski definition) is 7. The molecule has 3 aromatic rings. The van der Waals surface area contributed by atoms with E-state index in [9.17, 15) is 22.8 Å². The Morgan fingerprint density at radius 2 is 1.96 bits per heavy atom. The maximum atomic E-state index is 13.1. The Hall–Kier alpha value is -3.24. The van der Waals surface area contributed by atoms with E-state index >= 15 is 0 Å². The van der Waals surface area contributed by atoms with E-state index in [1.54, 1.807) is 6.92 Å². The van der Waals surface area contributed by atoms with E-state index in [4.69, 9.17) is 4.74 Å². The summed E-state index contributed by atoms with van der Waals surface area (Å²) in [6.45, 7) is 1.75. The number of rotatable bonds is 5. The van der Waals surface area contributed by atoms with Crippen LogP contribution in [0.4, 0.5) is 24.5 Å². The Kier molecular flexibility index (Phi) is 3.99. The summed E-state index contributed by atoms with van der Waals surface area (Å²) < 4.78 is 44.4. The summed E-state index contributed by atoms with van der Waals surface area (Å²) in [5.74, 6) is -0.254. The van der Waals surface area contributed by atoms with Gasteiger partial charge in [-0.25, -0.2) is 0 Å². The molecular formula is C14H10F3N5O3. The van der Waals surface area contributed by atoms with Crippen LogP contribution in [-0.2, 0) is 6.18 Å². The van der Waals surface area contributed by atoms with Gasteiger partial charge in [0.15, 0.2) is 5.75 Å². The van der Waals surface area contributed by atoms with Gasteiger partial charge in [-0.1, -0.05) is 0 Å². The normalized spacial score (nSPS) is 11.7. The molecule has 0 bridgehead atoms. The molecule has 0 radical (unpaired) electrons. The molecule has 0 unspecified atom stereocenters. The van der Waals surface area contributed by atoms with E-state index in [0.717, 1.165) is 12.1 Å². The predicted molar refractivity (Wildman–Crippen MR) is 80.4 cm³/mol. The lowest BCUT2D eigenvalue weighted by Gasteiger charge is -2.15. The minimum Gasteiger partial charge on any atom is -0.488 e. The van der Waals surface area contributed by atoms with E-state index in [1.807, 2.05) is 0 Å². The van der Waals surface area contributed by atoms with Crippen LogP contribution in [0, 0.1) is 0 Å². The van der Waals surface area contributed by atoms with Crippen molar-refractivity contribution in [2.75, 3.05) is 11.9 Å². The topological polar surface area (TPSA) is 110 Å². The van der Waals surface area contributed by atoms with Crippen molar-refractivity contribution in [2.45, 2.75) is 13.1 Å². The number of nitrogens with zero attached hydrogens (tertiary/aromatic N) is 3. The number of benzene rings is 1. The zero-order valence-electron chi connectivity index (χ0n) is 12.6. The molecule has 0 saturated heterocycles. The number of halogens is 3. The molecular weight excluding hydrogens is 343 g/mol. The minimum absolute atomic E-state index is 0.0303. The van der Waals surface area contributed by atoms with E-state index in [2.05, 4.69) is 25.9 Å². The van der Waals surface area contributed by atoms with Crippen LogP contribution >= 0.6 is 0 Å². The SMILES string of the molecule is CCOc1c(Nc2cc(-c3nn[nH]n3)cc(C(F)(F)F)c2)c(=O)c1=O. The second-order valence-electron chi connectivity index (χ2n) is 4.95. The molecule has 8 nitrogen and oxygen atoms in total. The predicted octanol–water partition coefficient (Wildman–Crippen LogP) is 1.62. The fourth-order valence-corrected chi connectivity index (χ4v) is 2.19. The highest BCUT2D eigenvalue weighted by atomic mass is 19.4. The molecule has 2 aromatic carbocycles. The van der Waals surface area contributed by atoms with Crippen LogP contribution in [-0.4, -0.2) is 27.2 Å². The average molecular weight is 353 g/mol. The van der Waals surface area contributed by atoms with Crippen molar-refractivity contribution in [2.24, 2.45) is 0 Å². The van der Waals surface area contributed by atoms with E-state index < -0.39 is 22.6 Å². The zero-order valence-corrected chi connectivity index (χ0v) is 12.6. The van der Waals surface area contributed by atoms with Gasteiger partial charge < -0.3 is 10.1 Å². The molecule has 0 fully saturated rings. The third-order valence-corrected chi connectivity index (χ3v) is 3.29. The number of aromatic nitrogens is 4. The van der Waals surface area contributed by atoms with Crippen LogP contribution in [0.25, 0.3) is 11.4 Å². The van der Waals surface area contributed by atoms with Gasteiger partial charge in [0, 0.05) is 11.3 Å². The number of ether oxygens (including phenoxy) is 1. The van der Waals surface area contributed by atoms with Gasteiger partial charge in [0.05, 0.1) is 12.2 Å². The fraction of sp³-hybridized carbons (Fsp3) is 0.214. The third kappa shape index (κ3) is 3.07. The summed E-state index contributed by atoms with van der Waals surface area (Å²) >= 11 is 0. The number of alkyl halides is 3. The molecule has 0 aliphatic rings. The Morgan fingerprint density at radius 3 is 2.56 bits per heavy atom. The lowest BCUT2D eigenvalue weighted by molar-refractivity contribution is -0.137. The van der Waals surface area contributed by atoms with Gasteiger partial charge in [0.2, 0.25) is 5.82 Å². The van der Waals surface area contributed by atoms with Gasteiger partial charge in [-0.15, -0.1) is 10.2 Å². The number of anilines is 2. The monoisotopic (exact) mass is 353 g/mol. The number of H-pyrrole nitrogens is 1. The Balaban J connectivity index is 2.05. The molecule has 1 aromatic heterocycles. The summed E-state index contributed by atoms with van der Waals surface area (Å²) in [6.07, 6.45) is -4.63. The molecule has 130 valence electrons. The maximum absolute atomic E-state index is 13.1. The third-order valence-electron chi connectivity index (χ3n) is 3.29. The van der Waals surface area contributed by atoms with Gasteiger partial charge in [0.1, 0.15) is 5.69 Å². The first-order chi connectivity index (χ1) is 11.8. The molecule has 1 heterocycles. The summed E-state index contributed by atoms with van der Waals surface area (Å²) in [5.41, 5.74) is -2.89. The first kappa shape index (κ1) is 16.6. The van der Waals surface area contributed by atoms with E-state index in [-0.39, 0.29) is 35.1 Å². The number of hydrogen-bond donors (Lipinski definition) is 2. The highest BCUT2D eigenvalue weighted by molar-refractivity contribution is 5.73. The van der Waals surface area contributed by atoms with Crippen LogP contribution in [0.15, 0.2) is 27.8 Å². The van der Waals surface area contributed by atoms with Gasteiger partial charge in [-0.3, -0.25) is 9.59 Å². The molecule has 0 amide bonds. The molecule has 25 heavy (non-hydrogen) atoms. The summed E-state index contributed by atoms with van der Waals surface area (Å²) in [4.78, 5) is 23.1. The average Bonchev–Trinajstić information content (AvgIpc) is 3.11. The Bertz CT molecular complexity index is 975. The molecule has 11 heteroatoms. The molecule has 0 aliphatic carbocycles. The van der Waals surface area contributed by atoms with Crippen molar-refractivity contribution >= 4 is 11.4 Å². The van der Waals surface area contributed by atoms with Crippen LogP contribution in [0.5, 0.6) is 5.75 Å². The van der Waals surface area contributed by atoms with Gasteiger partial charge in [-0.05, 0) is 30.3 Å². The van der Waals surface area contributed by atoms with Gasteiger partial charge in [0.25, 0.3) is 10.9 Å². The Labute approximate surface area is 137 Å². The lowest BCUT2D eigenvalue weighted by Crippen LogP contribution is -2.35. The smallest absolute Gasteiger partial charge is 0.416 e. The first-order valence-corrected chi connectivity index (χ1v) is 7.00. The second-order valence-corrected chi connectivity index (χ2v) is 4.95. The molecule has 3 rings (SSSR count). The van der Waals surface area contributed by atoms with Crippen molar-refractivity contribution in [3.8, 4) is 17.1 Å². The number of aromatic amines is 1. The van der Waals surface area contributed by atoms with Crippen LogP contribution in [0.1, 0.15) is 12.5 Å². The van der Waals surface area contributed by atoms with Crippen molar-refractivity contribution < 1.29 is 17.9 Å². The molecule has 2 N–H and O–H groups in total. The fourth-order valence-electron chi connectivity index (χ4n) is 2.19. The Morgan fingerprint density at radius 1 is 1.20 bits per heavy atom. The van der Waals surface area contributed by atoms with Gasteiger partial charge >= 0.3 is 6.18 Å². The highest BCUT2D eigenvalue weighted by Gasteiger charge is 2.32.